The van der Waals surface area contributed by atoms with E-state index in [2.05, 4.69) is 32.0 Å². The monoisotopic (exact) mass is 202 g/mol. The number of carbonyl (C=O) groups is 1. The molecule has 0 radical (unpaired) electrons. The van der Waals surface area contributed by atoms with E-state index in [4.69, 9.17) is 0 Å². The second kappa shape index (κ2) is 4.18. The van der Waals surface area contributed by atoms with E-state index in [0.717, 1.165) is 25.7 Å². The summed E-state index contributed by atoms with van der Waals surface area (Å²) in [6.45, 7) is 4.23. The molecule has 0 amide bonds. The van der Waals surface area contributed by atoms with Gasteiger partial charge in [0.15, 0.2) is 0 Å². The molecule has 1 nitrogen and oxygen atoms in total. The SMILES string of the molecule is Cc1ccc(CCC(=O)C2CC2)c(C)c1. The van der Waals surface area contributed by atoms with Gasteiger partial charge >= 0.3 is 0 Å². The smallest absolute Gasteiger partial charge is 0.136 e. The number of rotatable bonds is 4. The lowest BCUT2D eigenvalue weighted by Gasteiger charge is -2.05. The third-order valence-corrected chi connectivity index (χ3v) is 3.17. The van der Waals surface area contributed by atoms with Crippen LogP contribution in [0.5, 0.6) is 0 Å². The van der Waals surface area contributed by atoms with Crippen LogP contribution in [0.1, 0.15) is 36.0 Å². The summed E-state index contributed by atoms with van der Waals surface area (Å²) < 4.78 is 0. The Balaban J connectivity index is 1.95. The van der Waals surface area contributed by atoms with Crippen molar-refractivity contribution in [3.05, 3.63) is 34.9 Å². The van der Waals surface area contributed by atoms with E-state index in [9.17, 15) is 4.79 Å². The summed E-state index contributed by atoms with van der Waals surface area (Å²) in [5.74, 6) is 0.880. The van der Waals surface area contributed by atoms with E-state index >= 15 is 0 Å². The van der Waals surface area contributed by atoms with Crippen LogP contribution < -0.4 is 0 Å². The van der Waals surface area contributed by atoms with Gasteiger partial charge in [-0.2, -0.15) is 0 Å². The number of benzene rings is 1. The molecule has 0 spiro atoms. The third kappa shape index (κ3) is 2.68. The summed E-state index contributed by atoms with van der Waals surface area (Å²) >= 11 is 0. The van der Waals surface area contributed by atoms with E-state index < -0.39 is 0 Å². The van der Waals surface area contributed by atoms with Crippen LogP contribution in [0.2, 0.25) is 0 Å². The van der Waals surface area contributed by atoms with Crippen molar-refractivity contribution in [1.29, 1.82) is 0 Å². The highest BCUT2D eigenvalue weighted by molar-refractivity contribution is 5.83. The van der Waals surface area contributed by atoms with E-state index in [-0.39, 0.29) is 0 Å². The average Bonchev–Trinajstić information content (AvgIpc) is 2.99. The van der Waals surface area contributed by atoms with Crippen molar-refractivity contribution in [2.24, 2.45) is 5.92 Å². The molecule has 0 aromatic heterocycles. The molecule has 0 aliphatic heterocycles. The highest BCUT2D eigenvalue weighted by Gasteiger charge is 2.28. The fourth-order valence-corrected chi connectivity index (χ4v) is 1.99. The highest BCUT2D eigenvalue weighted by atomic mass is 16.1. The Labute approximate surface area is 91.5 Å². The molecular weight excluding hydrogens is 184 g/mol. The van der Waals surface area contributed by atoms with Crippen LogP contribution >= 0.6 is 0 Å². The summed E-state index contributed by atoms with van der Waals surface area (Å²) in [7, 11) is 0. The second-order valence-electron chi connectivity index (χ2n) is 4.67. The first-order valence-electron chi connectivity index (χ1n) is 5.75. The van der Waals surface area contributed by atoms with Crippen LogP contribution in [0.3, 0.4) is 0 Å². The number of hydrogen-bond acceptors (Lipinski definition) is 1. The van der Waals surface area contributed by atoms with Crippen molar-refractivity contribution in [3.8, 4) is 0 Å². The molecule has 0 bridgehead atoms. The molecule has 1 heteroatoms. The Kier molecular flexibility index (Phi) is 2.90. The lowest BCUT2D eigenvalue weighted by atomic mass is 9.99. The number of ketones is 1. The summed E-state index contributed by atoms with van der Waals surface area (Å²) in [5, 5.41) is 0. The van der Waals surface area contributed by atoms with Gasteiger partial charge in [-0.25, -0.2) is 0 Å². The molecule has 1 aliphatic carbocycles. The number of Topliss-reactive ketones (excluding diaryl/α,β-unsaturated/α-hetero) is 1. The largest absolute Gasteiger partial charge is 0.299 e. The fourth-order valence-electron chi connectivity index (χ4n) is 1.99. The molecule has 0 saturated heterocycles. The third-order valence-electron chi connectivity index (χ3n) is 3.17. The van der Waals surface area contributed by atoms with E-state index in [1.807, 2.05) is 0 Å². The standard InChI is InChI=1S/C14H18O/c1-10-3-4-12(11(2)9-10)7-8-14(15)13-5-6-13/h3-4,9,13H,5-8H2,1-2H3. The molecule has 0 unspecified atom stereocenters. The predicted molar refractivity (Wildman–Crippen MR) is 62.0 cm³/mol. The van der Waals surface area contributed by atoms with Crippen LogP contribution in [0, 0.1) is 19.8 Å². The normalized spacial score (nSPS) is 15.3. The Hall–Kier alpha value is -1.11. The summed E-state index contributed by atoms with van der Waals surface area (Å²) in [5.41, 5.74) is 3.94. The van der Waals surface area contributed by atoms with Crippen LogP contribution in [-0.4, -0.2) is 5.78 Å². The van der Waals surface area contributed by atoms with E-state index in [0.29, 0.717) is 11.7 Å². The van der Waals surface area contributed by atoms with Gasteiger partial charge in [0.25, 0.3) is 0 Å². The van der Waals surface area contributed by atoms with Gasteiger partial charge in [-0.05, 0) is 44.2 Å². The van der Waals surface area contributed by atoms with Gasteiger partial charge in [-0.3, -0.25) is 4.79 Å². The topological polar surface area (TPSA) is 17.1 Å². The summed E-state index contributed by atoms with van der Waals surface area (Å²) in [6, 6.07) is 6.48. The molecule has 0 N–H and O–H groups in total. The van der Waals surface area contributed by atoms with Crippen molar-refractivity contribution < 1.29 is 4.79 Å². The Morgan fingerprint density at radius 2 is 2.07 bits per heavy atom. The Morgan fingerprint density at radius 1 is 1.33 bits per heavy atom. The number of aryl methyl sites for hydroxylation is 3. The molecule has 15 heavy (non-hydrogen) atoms. The van der Waals surface area contributed by atoms with Gasteiger partial charge < -0.3 is 0 Å². The van der Waals surface area contributed by atoms with Crippen molar-refractivity contribution in [2.75, 3.05) is 0 Å². The van der Waals surface area contributed by atoms with Crippen molar-refractivity contribution in [2.45, 2.75) is 39.5 Å². The Bertz CT molecular complexity index is 375. The van der Waals surface area contributed by atoms with Gasteiger partial charge in [0.1, 0.15) is 5.78 Å². The zero-order valence-corrected chi connectivity index (χ0v) is 9.55. The van der Waals surface area contributed by atoms with E-state index in [1.165, 1.54) is 16.7 Å². The van der Waals surface area contributed by atoms with Gasteiger partial charge in [0, 0.05) is 12.3 Å². The minimum Gasteiger partial charge on any atom is -0.299 e. The summed E-state index contributed by atoms with van der Waals surface area (Å²) in [4.78, 5) is 11.6. The highest BCUT2D eigenvalue weighted by Crippen LogP contribution is 2.31. The van der Waals surface area contributed by atoms with Crippen LogP contribution in [0.4, 0.5) is 0 Å². The maximum Gasteiger partial charge on any atom is 0.136 e. The van der Waals surface area contributed by atoms with Crippen molar-refractivity contribution >= 4 is 5.78 Å². The zero-order valence-electron chi connectivity index (χ0n) is 9.55. The maximum absolute atomic E-state index is 11.6. The first kappa shape index (κ1) is 10.4. The van der Waals surface area contributed by atoms with Crippen LogP contribution in [0.25, 0.3) is 0 Å². The van der Waals surface area contributed by atoms with E-state index in [1.54, 1.807) is 0 Å². The van der Waals surface area contributed by atoms with Gasteiger partial charge in [0.05, 0.1) is 0 Å². The fraction of sp³-hybridized carbons (Fsp3) is 0.500. The molecule has 0 heterocycles. The minimum absolute atomic E-state index is 0.413. The molecule has 1 aliphatic rings. The number of hydrogen-bond donors (Lipinski definition) is 0. The van der Waals surface area contributed by atoms with Gasteiger partial charge in [-0.1, -0.05) is 23.8 Å². The van der Waals surface area contributed by atoms with Crippen LogP contribution in [0.15, 0.2) is 18.2 Å². The average molecular weight is 202 g/mol. The lowest BCUT2D eigenvalue weighted by Crippen LogP contribution is -2.03. The maximum atomic E-state index is 11.6. The molecule has 1 fully saturated rings. The first-order chi connectivity index (χ1) is 7.16. The van der Waals surface area contributed by atoms with Crippen LogP contribution in [-0.2, 0) is 11.2 Å². The predicted octanol–water partition coefficient (Wildman–Crippen LogP) is 3.22. The minimum atomic E-state index is 0.413. The molecule has 1 saturated carbocycles. The lowest BCUT2D eigenvalue weighted by molar-refractivity contribution is -0.120. The van der Waals surface area contributed by atoms with Gasteiger partial charge in [-0.15, -0.1) is 0 Å². The molecule has 1 aromatic rings. The molecule has 0 atom stereocenters. The number of carbonyl (C=O) groups excluding carboxylic acids is 1. The van der Waals surface area contributed by atoms with Gasteiger partial charge in [0.2, 0.25) is 0 Å². The first-order valence-corrected chi connectivity index (χ1v) is 5.75. The molecular formula is C14H18O. The summed E-state index contributed by atoms with van der Waals surface area (Å²) in [6.07, 6.45) is 3.91. The Morgan fingerprint density at radius 3 is 2.67 bits per heavy atom. The molecule has 2 rings (SSSR count). The van der Waals surface area contributed by atoms with Crippen molar-refractivity contribution in [1.82, 2.24) is 0 Å². The quantitative estimate of drug-likeness (QED) is 0.732. The second-order valence-corrected chi connectivity index (χ2v) is 4.67. The molecule has 80 valence electrons. The van der Waals surface area contributed by atoms with Crippen molar-refractivity contribution in [3.63, 3.8) is 0 Å². The zero-order chi connectivity index (χ0) is 10.8. The molecule has 1 aromatic carbocycles.